The molecule has 6 nitrogen and oxygen atoms in total. The van der Waals surface area contributed by atoms with Gasteiger partial charge in [0.2, 0.25) is 5.91 Å². The van der Waals surface area contributed by atoms with E-state index in [0.29, 0.717) is 51.6 Å². The topological polar surface area (TPSA) is 57.0 Å². The summed E-state index contributed by atoms with van der Waals surface area (Å²) in [6.07, 6.45) is 0. The van der Waals surface area contributed by atoms with Gasteiger partial charge in [0.05, 0.1) is 6.54 Å². The molecule has 2 aliphatic rings. The number of nitrogens with zero attached hydrogens (tertiary/aromatic N) is 3. The van der Waals surface area contributed by atoms with E-state index in [2.05, 4.69) is 47.4 Å². The van der Waals surface area contributed by atoms with Crippen LogP contribution in [0.5, 0.6) is 0 Å². The van der Waals surface area contributed by atoms with Gasteiger partial charge in [-0.1, -0.05) is 54.6 Å². The highest BCUT2D eigenvalue weighted by atomic mass is 16.3. The molecule has 0 spiro atoms. The molecule has 33 heavy (non-hydrogen) atoms. The number of aryl methyl sites for hydroxylation is 1. The van der Waals surface area contributed by atoms with Gasteiger partial charge in [-0.15, -0.1) is 0 Å². The normalized spacial score (nSPS) is 18.8. The monoisotopic (exact) mass is 443 g/mol. The van der Waals surface area contributed by atoms with Gasteiger partial charge in [0.15, 0.2) is 5.76 Å². The molecule has 1 aromatic heterocycles. The van der Waals surface area contributed by atoms with Crippen molar-refractivity contribution in [3.63, 3.8) is 0 Å². The number of piperazine rings is 1. The summed E-state index contributed by atoms with van der Waals surface area (Å²) in [7, 11) is 0. The maximum Gasteiger partial charge on any atom is 0.289 e. The Labute approximate surface area is 194 Å². The quantitative estimate of drug-likeness (QED) is 0.619. The highest BCUT2D eigenvalue weighted by Gasteiger charge is 2.31. The number of carbonyl (C=O) groups excluding carboxylic acids is 2. The van der Waals surface area contributed by atoms with Crippen molar-refractivity contribution in [1.29, 1.82) is 0 Å². The van der Waals surface area contributed by atoms with Crippen molar-refractivity contribution in [3.8, 4) is 0 Å². The third-order valence-corrected chi connectivity index (χ3v) is 6.72. The first-order valence-corrected chi connectivity index (χ1v) is 11.6. The lowest BCUT2D eigenvalue weighted by Crippen LogP contribution is -2.52. The van der Waals surface area contributed by atoms with Crippen molar-refractivity contribution in [2.24, 2.45) is 0 Å². The summed E-state index contributed by atoms with van der Waals surface area (Å²) >= 11 is 0. The Morgan fingerprint density at radius 3 is 2.33 bits per heavy atom. The van der Waals surface area contributed by atoms with Gasteiger partial charge in [-0.3, -0.25) is 14.5 Å². The standard InChI is InChI=1S/C27H29N3O3/c1-20-11-12-25(33-20)27(32)29-15-13-28(14-16-29)19-26(31)30-17-22-9-5-6-10-23(22)24(18-30)21-7-3-2-4-8-21/h2-12,24H,13-19H2,1H3. The van der Waals surface area contributed by atoms with E-state index in [1.165, 1.54) is 16.7 Å². The van der Waals surface area contributed by atoms with Crippen LogP contribution in [0.3, 0.4) is 0 Å². The fourth-order valence-electron chi connectivity index (χ4n) is 4.87. The molecular formula is C27H29N3O3. The molecule has 1 fully saturated rings. The van der Waals surface area contributed by atoms with E-state index in [0.717, 1.165) is 5.76 Å². The Morgan fingerprint density at radius 2 is 1.61 bits per heavy atom. The largest absolute Gasteiger partial charge is 0.456 e. The van der Waals surface area contributed by atoms with Gasteiger partial charge in [0.1, 0.15) is 5.76 Å². The minimum atomic E-state index is -0.0765. The first-order chi connectivity index (χ1) is 16.1. The molecular weight excluding hydrogens is 414 g/mol. The molecule has 1 unspecified atom stereocenters. The van der Waals surface area contributed by atoms with Crippen molar-refractivity contribution in [2.45, 2.75) is 19.4 Å². The van der Waals surface area contributed by atoms with Gasteiger partial charge >= 0.3 is 0 Å². The number of fused-ring (bicyclic) bond motifs is 1. The highest BCUT2D eigenvalue weighted by molar-refractivity contribution is 5.91. The van der Waals surface area contributed by atoms with Crippen LogP contribution < -0.4 is 0 Å². The van der Waals surface area contributed by atoms with Crippen LogP contribution in [0.4, 0.5) is 0 Å². The summed E-state index contributed by atoms with van der Waals surface area (Å²) in [6, 6.07) is 22.4. The van der Waals surface area contributed by atoms with E-state index in [1.807, 2.05) is 34.9 Å². The van der Waals surface area contributed by atoms with Crippen LogP contribution in [0.1, 0.15) is 38.9 Å². The Morgan fingerprint density at radius 1 is 0.879 bits per heavy atom. The van der Waals surface area contributed by atoms with Crippen molar-refractivity contribution in [1.82, 2.24) is 14.7 Å². The van der Waals surface area contributed by atoms with E-state index in [9.17, 15) is 9.59 Å². The molecule has 3 heterocycles. The van der Waals surface area contributed by atoms with E-state index in [4.69, 9.17) is 4.42 Å². The van der Waals surface area contributed by atoms with Gasteiger partial charge in [-0.2, -0.15) is 0 Å². The summed E-state index contributed by atoms with van der Waals surface area (Å²) in [6.45, 7) is 6.12. The molecule has 170 valence electrons. The summed E-state index contributed by atoms with van der Waals surface area (Å²) in [5.74, 6) is 1.38. The number of benzene rings is 2. The molecule has 1 atom stereocenters. The van der Waals surface area contributed by atoms with Crippen molar-refractivity contribution in [3.05, 3.63) is 94.9 Å². The van der Waals surface area contributed by atoms with Crippen LogP contribution >= 0.6 is 0 Å². The Balaban J connectivity index is 1.22. The van der Waals surface area contributed by atoms with E-state index in [1.54, 1.807) is 6.07 Å². The maximum absolute atomic E-state index is 13.3. The summed E-state index contributed by atoms with van der Waals surface area (Å²) < 4.78 is 5.48. The van der Waals surface area contributed by atoms with Gasteiger partial charge in [0, 0.05) is 45.2 Å². The Hall–Kier alpha value is -3.38. The van der Waals surface area contributed by atoms with Crippen LogP contribution in [0.2, 0.25) is 0 Å². The molecule has 3 aromatic rings. The lowest BCUT2D eigenvalue weighted by Gasteiger charge is -2.38. The smallest absolute Gasteiger partial charge is 0.289 e. The highest BCUT2D eigenvalue weighted by Crippen LogP contribution is 2.33. The molecule has 0 aliphatic carbocycles. The molecule has 2 amide bonds. The van der Waals surface area contributed by atoms with Gasteiger partial charge in [0.25, 0.3) is 5.91 Å². The third kappa shape index (κ3) is 4.57. The Kier molecular flexibility index (Phi) is 6.01. The van der Waals surface area contributed by atoms with Gasteiger partial charge < -0.3 is 14.2 Å². The molecule has 0 bridgehead atoms. The lowest BCUT2D eigenvalue weighted by molar-refractivity contribution is -0.133. The van der Waals surface area contributed by atoms with Crippen molar-refractivity contribution < 1.29 is 14.0 Å². The van der Waals surface area contributed by atoms with Crippen LogP contribution in [-0.2, 0) is 11.3 Å². The van der Waals surface area contributed by atoms with Crippen molar-refractivity contribution in [2.75, 3.05) is 39.3 Å². The second kappa shape index (κ2) is 9.24. The minimum absolute atomic E-state index is 0.0765. The molecule has 0 radical (unpaired) electrons. The first-order valence-electron chi connectivity index (χ1n) is 11.6. The average molecular weight is 444 g/mol. The first kappa shape index (κ1) is 21.5. The third-order valence-electron chi connectivity index (χ3n) is 6.72. The molecule has 0 saturated carbocycles. The SMILES string of the molecule is Cc1ccc(C(=O)N2CCN(CC(=O)N3Cc4ccccc4C(c4ccccc4)C3)CC2)o1. The summed E-state index contributed by atoms with van der Waals surface area (Å²) in [4.78, 5) is 31.8. The summed E-state index contributed by atoms with van der Waals surface area (Å²) in [5.41, 5.74) is 3.77. The molecule has 2 aliphatic heterocycles. The van der Waals surface area contributed by atoms with Gasteiger partial charge in [-0.05, 0) is 35.7 Å². The molecule has 2 aromatic carbocycles. The van der Waals surface area contributed by atoms with E-state index in [-0.39, 0.29) is 17.7 Å². The van der Waals surface area contributed by atoms with Gasteiger partial charge in [-0.25, -0.2) is 0 Å². The minimum Gasteiger partial charge on any atom is -0.456 e. The number of furan rings is 1. The number of carbonyl (C=O) groups is 2. The second-order valence-corrected chi connectivity index (χ2v) is 8.91. The van der Waals surface area contributed by atoms with Crippen LogP contribution in [0.25, 0.3) is 0 Å². The lowest BCUT2D eigenvalue weighted by atomic mass is 9.84. The predicted molar refractivity (Wildman–Crippen MR) is 126 cm³/mol. The van der Waals surface area contributed by atoms with E-state index < -0.39 is 0 Å². The zero-order valence-electron chi connectivity index (χ0n) is 18.9. The number of amides is 2. The van der Waals surface area contributed by atoms with Crippen LogP contribution in [0.15, 0.2) is 71.1 Å². The van der Waals surface area contributed by atoms with Crippen molar-refractivity contribution >= 4 is 11.8 Å². The average Bonchev–Trinajstić information content (AvgIpc) is 3.30. The zero-order chi connectivity index (χ0) is 22.8. The fraction of sp³-hybridized carbons (Fsp3) is 0.333. The van der Waals surface area contributed by atoms with Crippen LogP contribution in [0, 0.1) is 6.92 Å². The molecule has 6 heteroatoms. The predicted octanol–water partition coefficient (Wildman–Crippen LogP) is 3.52. The van der Waals surface area contributed by atoms with Crippen LogP contribution in [-0.4, -0.2) is 65.8 Å². The number of hydrogen-bond donors (Lipinski definition) is 0. The summed E-state index contributed by atoms with van der Waals surface area (Å²) in [5, 5.41) is 0. The fourth-order valence-corrected chi connectivity index (χ4v) is 4.87. The second-order valence-electron chi connectivity index (χ2n) is 8.91. The maximum atomic E-state index is 13.3. The molecule has 0 N–H and O–H groups in total. The zero-order valence-corrected chi connectivity index (χ0v) is 18.9. The Bertz CT molecular complexity index is 1130. The molecule has 1 saturated heterocycles. The number of hydrogen-bond acceptors (Lipinski definition) is 4. The number of rotatable bonds is 4. The van der Waals surface area contributed by atoms with E-state index >= 15 is 0 Å². The molecule has 5 rings (SSSR count).